The Morgan fingerprint density at radius 3 is 2.92 bits per heavy atom. The molecule has 1 aromatic carbocycles. The largest absolute Gasteiger partial charge is 0.497 e. The Balaban J connectivity index is 2.74. The van der Waals surface area contributed by atoms with Crippen molar-refractivity contribution in [1.82, 2.24) is 4.98 Å². The van der Waals surface area contributed by atoms with Crippen LogP contribution >= 0.6 is 0 Å². The van der Waals surface area contributed by atoms with Gasteiger partial charge in [0.15, 0.2) is 0 Å². The molecule has 0 saturated heterocycles. The van der Waals surface area contributed by atoms with E-state index in [1.54, 1.807) is 31.5 Å². The van der Waals surface area contributed by atoms with E-state index in [0.29, 0.717) is 11.1 Å². The van der Waals surface area contributed by atoms with Crippen molar-refractivity contribution in [2.24, 2.45) is 0 Å². The number of pyridine rings is 1. The van der Waals surface area contributed by atoms with Gasteiger partial charge in [0.25, 0.3) is 0 Å². The molecule has 2 nitrogen and oxygen atoms in total. The zero-order valence-electron chi connectivity index (χ0n) is 7.12. The fraction of sp³-hybridized carbons (Fsp3) is 0.100. The third kappa shape index (κ3) is 1.33. The fourth-order valence-corrected chi connectivity index (χ4v) is 1.23. The molecule has 0 atom stereocenters. The van der Waals surface area contributed by atoms with Crippen molar-refractivity contribution in [2.45, 2.75) is 0 Å². The number of benzene rings is 1. The molecule has 0 aliphatic rings. The molecule has 3 heteroatoms. The van der Waals surface area contributed by atoms with Crippen LogP contribution in [0.4, 0.5) is 4.39 Å². The normalized spacial score (nSPS) is 10.3. The topological polar surface area (TPSA) is 22.1 Å². The predicted molar refractivity (Wildman–Crippen MR) is 48.3 cm³/mol. The van der Waals surface area contributed by atoms with Gasteiger partial charge in [0.05, 0.1) is 13.3 Å². The number of rotatable bonds is 1. The minimum Gasteiger partial charge on any atom is -0.497 e. The quantitative estimate of drug-likeness (QED) is 0.667. The smallest absolute Gasteiger partial charge is 0.149 e. The average molecular weight is 177 g/mol. The van der Waals surface area contributed by atoms with E-state index in [-0.39, 0.29) is 5.82 Å². The van der Waals surface area contributed by atoms with E-state index in [9.17, 15) is 4.39 Å². The highest BCUT2D eigenvalue weighted by molar-refractivity contribution is 5.83. The maximum atomic E-state index is 13.2. The Kier molecular flexibility index (Phi) is 1.85. The van der Waals surface area contributed by atoms with Crippen molar-refractivity contribution >= 4 is 10.8 Å². The van der Waals surface area contributed by atoms with Crippen molar-refractivity contribution in [3.63, 3.8) is 0 Å². The summed E-state index contributed by atoms with van der Waals surface area (Å²) in [7, 11) is 1.56. The Morgan fingerprint density at radius 1 is 1.31 bits per heavy atom. The summed E-state index contributed by atoms with van der Waals surface area (Å²) in [5.41, 5.74) is 0. The lowest BCUT2D eigenvalue weighted by molar-refractivity contribution is 0.415. The van der Waals surface area contributed by atoms with E-state index in [4.69, 9.17) is 4.74 Å². The number of aromatic nitrogens is 1. The first-order chi connectivity index (χ1) is 6.31. The van der Waals surface area contributed by atoms with Gasteiger partial charge in [-0.3, -0.25) is 4.98 Å². The SMILES string of the molecule is COc1ccc2cncc(F)c2c1. The van der Waals surface area contributed by atoms with Gasteiger partial charge < -0.3 is 4.74 Å². The zero-order chi connectivity index (χ0) is 9.26. The first kappa shape index (κ1) is 7.98. The molecule has 0 spiro atoms. The summed E-state index contributed by atoms with van der Waals surface area (Å²) in [4.78, 5) is 3.75. The van der Waals surface area contributed by atoms with Crippen LogP contribution in [0.2, 0.25) is 0 Å². The standard InChI is InChI=1S/C10H8FNO/c1-13-8-3-2-7-5-12-6-10(11)9(7)4-8/h2-6H,1H3. The Labute approximate surface area is 75.0 Å². The van der Waals surface area contributed by atoms with Crippen LogP contribution in [0, 0.1) is 5.82 Å². The van der Waals surface area contributed by atoms with Crippen LogP contribution in [-0.4, -0.2) is 12.1 Å². The molecule has 2 rings (SSSR count). The van der Waals surface area contributed by atoms with Crippen molar-refractivity contribution < 1.29 is 9.13 Å². The summed E-state index contributed by atoms with van der Waals surface area (Å²) in [5.74, 6) is 0.328. The van der Waals surface area contributed by atoms with Crippen LogP contribution in [0.3, 0.4) is 0 Å². The summed E-state index contributed by atoms with van der Waals surface area (Å²) in [6.45, 7) is 0. The lowest BCUT2D eigenvalue weighted by Gasteiger charge is -2.01. The molecule has 0 N–H and O–H groups in total. The summed E-state index contributed by atoms with van der Waals surface area (Å²) in [5, 5.41) is 1.31. The van der Waals surface area contributed by atoms with Crippen LogP contribution < -0.4 is 4.74 Å². The number of hydrogen-bond donors (Lipinski definition) is 0. The van der Waals surface area contributed by atoms with Crippen LogP contribution in [0.5, 0.6) is 5.75 Å². The Hall–Kier alpha value is -1.64. The van der Waals surface area contributed by atoms with E-state index >= 15 is 0 Å². The second-order valence-corrected chi connectivity index (χ2v) is 2.71. The van der Waals surface area contributed by atoms with Gasteiger partial charge in [-0.05, 0) is 18.2 Å². The molecule has 13 heavy (non-hydrogen) atoms. The maximum absolute atomic E-state index is 13.2. The molecule has 0 saturated carbocycles. The molecule has 0 aliphatic carbocycles. The molecule has 0 amide bonds. The van der Waals surface area contributed by atoms with Crippen molar-refractivity contribution in [2.75, 3.05) is 7.11 Å². The van der Waals surface area contributed by atoms with Gasteiger partial charge in [-0.2, -0.15) is 0 Å². The van der Waals surface area contributed by atoms with E-state index in [2.05, 4.69) is 4.98 Å². The number of methoxy groups -OCH3 is 1. The van der Waals surface area contributed by atoms with E-state index in [1.165, 1.54) is 6.20 Å². The number of hydrogen-bond acceptors (Lipinski definition) is 2. The first-order valence-electron chi connectivity index (χ1n) is 3.88. The first-order valence-corrected chi connectivity index (χ1v) is 3.88. The Bertz CT molecular complexity index is 442. The van der Waals surface area contributed by atoms with E-state index < -0.39 is 0 Å². The summed E-state index contributed by atoms with van der Waals surface area (Å²) < 4.78 is 18.2. The average Bonchev–Trinajstić information content (AvgIpc) is 2.18. The van der Waals surface area contributed by atoms with Crippen LogP contribution in [0.1, 0.15) is 0 Å². The van der Waals surface area contributed by atoms with Crippen molar-refractivity contribution in [1.29, 1.82) is 0 Å². The fourth-order valence-electron chi connectivity index (χ4n) is 1.23. The maximum Gasteiger partial charge on any atom is 0.149 e. The van der Waals surface area contributed by atoms with Gasteiger partial charge in [0.1, 0.15) is 11.6 Å². The highest BCUT2D eigenvalue weighted by atomic mass is 19.1. The number of halogens is 1. The highest BCUT2D eigenvalue weighted by Gasteiger charge is 2.01. The molecule has 0 radical (unpaired) electrons. The van der Waals surface area contributed by atoms with Crippen molar-refractivity contribution in [3.05, 3.63) is 36.4 Å². The van der Waals surface area contributed by atoms with E-state index in [1.807, 2.05) is 0 Å². The van der Waals surface area contributed by atoms with Crippen LogP contribution in [0.15, 0.2) is 30.6 Å². The second-order valence-electron chi connectivity index (χ2n) is 2.71. The molecular formula is C10H8FNO. The third-order valence-electron chi connectivity index (χ3n) is 1.92. The monoisotopic (exact) mass is 177 g/mol. The molecule has 0 unspecified atom stereocenters. The van der Waals surface area contributed by atoms with Gasteiger partial charge in [-0.25, -0.2) is 4.39 Å². The summed E-state index contributed by atoms with van der Waals surface area (Å²) >= 11 is 0. The third-order valence-corrected chi connectivity index (χ3v) is 1.92. The van der Waals surface area contributed by atoms with Gasteiger partial charge in [0, 0.05) is 17.0 Å². The van der Waals surface area contributed by atoms with Gasteiger partial charge >= 0.3 is 0 Å². The summed E-state index contributed by atoms with van der Waals surface area (Å²) in [6.07, 6.45) is 2.82. The highest BCUT2D eigenvalue weighted by Crippen LogP contribution is 2.21. The zero-order valence-corrected chi connectivity index (χ0v) is 7.12. The minimum absolute atomic E-state index is 0.323. The number of ether oxygens (including phenoxy) is 1. The van der Waals surface area contributed by atoms with Gasteiger partial charge in [-0.15, -0.1) is 0 Å². The van der Waals surface area contributed by atoms with Crippen LogP contribution in [-0.2, 0) is 0 Å². The molecule has 1 heterocycles. The minimum atomic E-state index is -0.323. The summed E-state index contributed by atoms with van der Waals surface area (Å²) in [6, 6.07) is 5.22. The van der Waals surface area contributed by atoms with Crippen LogP contribution in [0.25, 0.3) is 10.8 Å². The van der Waals surface area contributed by atoms with E-state index in [0.717, 1.165) is 5.39 Å². The molecule has 66 valence electrons. The van der Waals surface area contributed by atoms with Gasteiger partial charge in [-0.1, -0.05) is 0 Å². The van der Waals surface area contributed by atoms with Gasteiger partial charge in [0.2, 0.25) is 0 Å². The Morgan fingerprint density at radius 2 is 2.15 bits per heavy atom. The second kappa shape index (κ2) is 3.01. The molecule has 0 aliphatic heterocycles. The lowest BCUT2D eigenvalue weighted by atomic mass is 10.1. The van der Waals surface area contributed by atoms with Crippen molar-refractivity contribution in [3.8, 4) is 5.75 Å². The number of nitrogens with zero attached hydrogens (tertiary/aromatic N) is 1. The number of fused-ring (bicyclic) bond motifs is 1. The molecule has 2 aromatic rings. The molecular weight excluding hydrogens is 169 g/mol. The molecule has 1 aromatic heterocycles. The molecule has 0 fully saturated rings. The lowest BCUT2D eigenvalue weighted by Crippen LogP contribution is -1.85. The molecule has 0 bridgehead atoms. The predicted octanol–water partition coefficient (Wildman–Crippen LogP) is 2.38.